The Morgan fingerprint density at radius 3 is 1.60 bits per heavy atom. The van der Waals surface area contributed by atoms with Crippen molar-refractivity contribution in [2.45, 2.75) is 18.9 Å². The van der Waals surface area contributed by atoms with E-state index in [9.17, 15) is 19.2 Å². The van der Waals surface area contributed by atoms with E-state index in [2.05, 4.69) is 71.4 Å². The molecule has 0 spiro atoms. The van der Waals surface area contributed by atoms with Crippen LogP contribution >= 0.6 is 0 Å². The van der Waals surface area contributed by atoms with Crippen molar-refractivity contribution in [1.29, 1.82) is 0 Å². The van der Waals surface area contributed by atoms with Gasteiger partial charge in [0.25, 0.3) is 0 Å². The van der Waals surface area contributed by atoms with Crippen LogP contribution in [0.2, 0.25) is 0 Å². The number of nitrogens with zero attached hydrogens (tertiary/aromatic N) is 2. The number of aryl methyl sites for hydroxylation is 1. The van der Waals surface area contributed by atoms with E-state index in [1.54, 1.807) is 7.11 Å². The smallest absolute Gasteiger partial charge is 0.328 e. The zero-order valence-electron chi connectivity index (χ0n) is 22.6. The molecule has 0 amide bonds. The number of aliphatic carboxylic acids is 4. The van der Waals surface area contributed by atoms with Crippen LogP contribution in [0.3, 0.4) is 0 Å². The minimum atomic E-state index is -1.26. The first-order valence-corrected chi connectivity index (χ1v) is 12.4. The second-order valence-electron chi connectivity index (χ2n) is 8.67. The monoisotopic (exact) mass is 556 g/mol. The number of carbonyl (C=O) groups is 4. The van der Waals surface area contributed by atoms with Crippen LogP contribution in [0.4, 0.5) is 0 Å². The molecule has 2 aromatic carbocycles. The molecule has 1 unspecified atom stereocenters. The van der Waals surface area contributed by atoms with E-state index in [4.69, 9.17) is 25.2 Å². The summed E-state index contributed by atoms with van der Waals surface area (Å²) in [6.45, 7) is 4.58. The highest BCUT2D eigenvalue weighted by molar-refractivity contribution is 5.90. The first-order valence-electron chi connectivity index (χ1n) is 12.4. The molecule has 1 fully saturated rings. The second-order valence-corrected chi connectivity index (χ2v) is 8.67. The lowest BCUT2D eigenvalue weighted by atomic mass is 9.96. The Kier molecular flexibility index (Phi) is 15.7. The predicted molar refractivity (Wildman–Crippen MR) is 148 cm³/mol. The Bertz CT molecular complexity index is 1060. The van der Waals surface area contributed by atoms with Gasteiger partial charge in [-0.05, 0) is 43.1 Å². The number of likely N-dealkylation sites (N-methyl/N-ethyl adjacent to an activating group) is 1. The van der Waals surface area contributed by atoms with Crippen molar-refractivity contribution in [3.63, 3.8) is 0 Å². The molecule has 0 radical (unpaired) electrons. The summed E-state index contributed by atoms with van der Waals surface area (Å²) in [5, 5.41) is 31.2. The van der Waals surface area contributed by atoms with Gasteiger partial charge in [0.15, 0.2) is 0 Å². The van der Waals surface area contributed by atoms with Crippen molar-refractivity contribution >= 4 is 23.9 Å². The molecule has 1 heterocycles. The van der Waals surface area contributed by atoms with Gasteiger partial charge in [0.05, 0.1) is 7.11 Å². The minimum absolute atomic E-state index is 0.477. The molecule has 1 aliphatic heterocycles. The third-order valence-electron chi connectivity index (χ3n) is 5.77. The average Bonchev–Trinajstić information content (AvgIpc) is 2.93. The lowest BCUT2D eigenvalue weighted by Crippen LogP contribution is -2.46. The molecule has 11 nitrogen and oxygen atoms in total. The summed E-state index contributed by atoms with van der Waals surface area (Å²) in [6, 6.07) is 19.9. The largest absolute Gasteiger partial charge is 0.497 e. The maximum absolute atomic E-state index is 9.55. The van der Waals surface area contributed by atoms with Crippen molar-refractivity contribution in [2.75, 3.05) is 40.3 Å². The zero-order chi connectivity index (χ0) is 29.9. The molecule has 1 aliphatic rings. The van der Waals surface area contributed by atoms with Crippen LogP contribution in [-0.2, 0) is 25.6 Å². The Labute approximate surface area is 233 Å². The van der Waals surface area contributed by atoms with Crippen LogP contribution in [0.1, 0.15) is 23.6 Å². The van der Waals surface area contributed by atoms with Crippen LogP contribution in [0.5, 0.6) is 5.75 Å². The fourth-order valence-electron chi connectivity index (χ4n) is 3.75. The molecule has 11 heteroatoms. The van der Waals surface area contributed by atoms with Gasteiger partial charge in [0.1, 0.15) is 5.75 Å². The Morgan fingerprint density at radius 1 is 0.750 bits per heavy atom. The van der Waals surface area contributed by atoms with Crippen molar-refractivity contribution in [3.05, 3.63) is 90.0 Å². The number of ether oxygens (including phenoxy) is 1. The van der Waals surface area contributed by atoms with E-state index in [1.807, 2.05) is 0 Å². The maximum Gasteiger partial charge on any atom is 0.328 e. The van der Waals surface area contributed by atoms with Gasteiger partial charge in [-0.25, -0.2) is 19.2 Å². The Morgan fingerprint density at radius 2 is 1.20 bits per heavy atom. The van der Waals surface area contributed by atoms with E-state index in [-0.39, 0.29) is 0 Å². The van der Waals surface area contributed by atoms with Crippen LogP contribution in [0.25, 0.3) is 0 Å². The highest BCUT2D eigenvalue weighted by Crippen LogP contribution is 2.28. The molecule has 1 atom stereocenters. The van der Waals surface area contributed by atoms with Gasteiger partial charge in [0, 0.05) is 56.5 Å². The summed E-state index contributed by atoms with van der Waals surface area (Å²) in [4.78, 5) is 43.3. The molecular weight excluding hydrogens is 520 g/mol. The molecule has 4 N–H and O–H groups in total. The Hall–Kier alpha value is -4.48. The molecule has 3 rings (SSSR count). The van der Waals surface area contributed by atoms with Crippen molar-refractivity contribution in [3.8, 4) is 5.75 Å². The predicted octanol–water partition coefficient (Wildman–Crippen LogP) is 3.04. The van der Waals surface area contributed by atoms with Crippen LogP contribution < -0.4 is 4.74 Å². The van der Waals surface area contributed by atoms with Crippen molar-refractivity contribution in [1.82, 2.24) is 9.80 Å². The second kappa shape index (κ2) is 18.7. The molecule has 0 aromatic heterocycles. The third kappa shape index (κ3) is 15.1. The zero-order valence-corrected chi connectivity index (χ0v) is 22.6. The van der Waals surface area contributed by atoms with Crippen molar-refractivity contribution < 1.29 is 44.3 Å². The fraction of sp³-hybridized carbons (Fsp3) is 0.310. The van der Waals surface area contributed by atoms with Gasteiger partial charge < -0.3 is 30.1 Å². The number of piperazine rings is 1. The fourth-order valence-corrected chi connectivity index (χ4v) is 3.75. The molecule has 2 aromatic rings. The highest BCUT2D eigenvalue weighted by atomic mass is 16.5. The Balaban J connectivity index is 0.000000412. The van der Waals surface area contributed by atoms with Crippen LogP contribution in [0.15, 0.2) is 78.9 Å². The summed E-state index contributed by atoms with van der Waals surface area (Å²) in [7, 11) is 3.94. The topological polar surface area (TPSA) is 165 Å². The summed E-state index contributed by atoms with van der Waals surface area (Å²) in [5.41, 5.74) is 2.82. The molecule has 1 saturated heterocycles. The van der Waals surface area contributed by atoms with Crippen molar-refractivity contribution in [2.24, 2.45) is 0 Å². The van der Waals surface area contributed by atoms with Gasteiger partial charge >= 0.3 is 23.9 Å². The summed E-state index contributed by atoms with van der Waals surface area (Å²) in [5.74, 6) is -4.10. The normalized spacial score (nSPS) is 14.3. The summed E-state index contributed by atoms with van der Waals surface area (Å²) in [6.07, 6.45) is 4.50. The third-order valence-corrected chi connectivity index (χ3v) is 5.77. The lowest BCUT2D eigenvalue weighted by Gasteiger charge is -2.38. The van der Waals surface area contributed by atoms with E-state index < -0.39 is 23.9 Å². The number of hydrogen-bond acceptors (Lipinski definition) is 7. The molecule has 0 aliphatic carbocycles. The number of methoxy groups -OCH3 is 1. The number of hydrogen-bond donors (Lipinski definition) is 4. The highest BCUT2D eigenvalue weighted by Gasteiger charge is 2.23. The minimum Gasteiger partial charge on any atom is -0.497 e. The van der Waals surface area contributed by atoms with Gasteiger partial charge in [-0.3, -0.25) is 4.90 Å². The number of benzene rings is 2. The molecular formula is C29H36N2O9. The number of carboxylic acid groups (broad SMARTS) is 4. The van der Waals surface area contributed by atoms with Crippen LogP contribution in [0, 0.1) is 0 Å². The van der Waals surface area contributed by atoms with Gasteiger partial charge in [-0.2, -0.15) is 0 Å². The first kappa shape index (κ1) is 33.5. The van der Waals surface area contributed by atoms with Gasteiger partial charge in [-0.1, -0.05) is 42.5 Å². The maximum atomic E-state index is 9.55. The lowest BCUT2D eigenvalue weighted by molar-refractivity contribution is -0.134. The van der Waals surface area contributed by atoms with Crippen LogP contribution in [-0.4, -0.2) is 94.4 Å². The van der Waals surface area contributed by atoms with E-state index in [0.29, 0.717) is 30.3 Å². The molecule has 0 bridgehead atoms. The number of rotatable bonds is 10. The van der Waals surface area contributed by atoms with Gasteiger partial charge in [-0.15, -0.1) is 0 Å². The molecule has 216 valence electrons. The molecule has 40 heavy (non-hydrogen) atoms. The SMILES string of the molecule is COc1ccc(C(CCc2ccccc2)N2CCN(C)CC2)cc1.O=C(O)/C=C/C(=O)O.O=C(O)/C=C/C(=O)O. The average molecular weight is 557 g/mol. The summed E-state index contributed by atoms with van der Waals surface area (Å²) >= 11 is 0. The van der Waals surface area contributed by atoms with E-state index in [0.717, 1.165) is 44.8 Å². The van der Waals surface area contributed by atoms with Gasteiger partial charge in [0.2, 0.25) is 0 Å². The first-order chi connectivity index (χ1) is 19.0. The quantitative estimate of drug-likeness (QED) is 0.318. The molecule has 0 saturated carbocycles. The van der Waals surface area contributed by atoms with E-state index >= 15 is 0 Å². The number of carboxylic acids is 4. The summed E-state index contributed by atoms with van der Waals surface area (Å²) < 4.78 is 5.32. The van der Waals surface area contributed by atoms with E-state index in [1.165, 1.54) is 11.1 Å². The standard InChI is InChI=1S/C21H28N2O.2C4H4O4/c1-22-14-16-23(17-15-22)21(13-8-18-6-4-3-5-7-18)19-9-11-20(24-2)12-10-19;2*5-3(6)1-2-4(7)8/h3-7,9-12,21H,8,13-17H2,1-2H3;2*1-2H,(H,5,6)(H,7,8)/b;2*2-1+.